The van der Waals surface area contributed by atoms with E-state index in [1.54, 1.807) is 45.9 Å². The number of nitrogens with one attached hydrogen (secondary N) is 4. The van der Waals surface area contributed by atoms with E-state index in [9.17, 15) is 24.0 Å². The summed E-state index contributed by atoms with van der Waals surface area (Å²) in [5.74, 6) is -2.19. The molecule has 1 aromatic rings. The van der Waals surface area contributed by atoms with Crippen molar-refractivity contribution in [2.45, 2.75) is 44.7 Å². The Hall–Kier alpha value is -3.08. The zero-order chi connectivity index (χ0) is 22.7. The quantitative estimate of drug-likeness (QED) is 0.355. The summed E-state index contributed by atoms with van der Waals surface area (Å²) in [4.78, 5) is 59.3. The lowest BCUT2D eigenvalue weighted by atomic mass is 10.2. The highest BCUT2D eigenvalue weighted by atomic mass is 32.2. The highest BCUT2D eigenvalue weighted by molar-refractivity contribution is 8.00. The second-order valence-electron chi connectivity index (χ2n) is 6.71. The van der Waals surface area contributed by atoms with Crippen molar-refractivity contribution in [3.63, 3.8) is 0 Å². The second-order valence-corrected chi connectivity index (χ2v) is 7.73. The summed E-state index contributed by atoms with van der Waals surface area (Å²) in [5, 5.41) is 9.23. The van der Waals surface area contributed by atoms with Crippen LogP contribution in [0, 0.1) is 0 Å². The van der Waals surface area contributed by atoms with Gasteiger partial charge in [0.2, 0.25) is 5.91 Å². The van der Waals surface area contributed by atoms with Crippen molar-refractivity contribution in [2.75, 3.05) is 12.4 Å². The normalized spacial score (nSPS) is 10.3. The molecule has 0 aliphatic carbocycles. The van der Waals surface area contributed by atoms with Crippen molar-refractivity contribution in [3.8, 4) is 0 Å². The van der Waals surface area contributed by atoms with Crippen LogP contribution in [-0.4, -0.2) is 54.3 Å². The van der Waals surface area contributed by atoms with Gasteiger partial charge in [-0.25, -0.2) is 14.4 Å². The summed E-state index contributed by atoms with van der Waals surface area (Å²) in [5.41, 5.74) is 0.154. The van der Waals surface area contributed by atoms with Gasteiger partial charge in [0, 0.05) is 17.0 Å². The lowest BCUT2D eigenvalue weighted by molar-refractivity contribution is -0.123. The van der Waals surface area contributed by atoms with Gasteiger partial charge < -0.3 is 15.4 Å². The van der Waals surface area contributed by atoms with E-state index in [0.717, 1.165) is 11.8 Å². The largest absolute Gasteiger partial charge is 0.452 e. The summed E-state index contributed by atoms with van der Waals surface area (Å²) in [6.07, 6.45) is 0. The van der Waals surface area contributed by atoms with Crippen molar-refractivity contribution < 1.29 is 28.7 Å². The molecular formula is C19H26N4O6S. The van der Waals surface area contributed by atoms with Gasteiger partial charge in [-0.1, -0.05) is 12.1 Å². The van der Waals surface area contributed by atoms with Crippen molar-refractivity contribution in [1.82, 2.24) is 21.3 Å². The Balaban J connectivity index is 2.58. The van der Waals surface area contributed by atoms with Crippen LogP contribution in [0.4, 0.5) is 9.59 Å². The van der Waals surface area contributed by atoms with E-state index in [0.29, 0.717) is 4.90 Å². The fraction of sp³-hybridized carbons (Fsp3) is 0.421. The molecule has 0 heterocycles. The first kappa shape index (κ1) is 25.0. The maximum Gasteiger partial charge on any atom is 0.339 e. The molecule has 0 bridgehead atoms. The minimum atomic E-state index is -0.782. The van der Waals surface area contributed by atoms with Crippen LogP contribution in [0.2, 0.25) is 0 Å². The molecule has 0 atom stereocenters. The molecule has 0 aliphatic heterocycles. The van der Waals surface area contributed by atoms with E-state index in [1.807, 2.05) is 5.32 Å². The molecule has 0 fully saturated rings. The number of benzene rings is 1. The number of ether oxygens (including phenoxy) is 1. The summed E-state index contributed by atoms with van der Waals surface area (Å²) < 4.78 is 4.94. The Morgan fingerprint density at radius 3 is 1.97 bits per heavy atom. The van der Waals surface area contributed by atoms with Crippen LogP contribution in [0.5, 0.6) is 0 Å². The van der Waals surface area contributed by atoms with Crippen LogP contribution < -0.4 is 21.3 Å². The SMILES string of the molecule is CC(C)NC(=O)NC(=O)COC(=O)c1ccccc1SCC(=O)NC(=O)NC(C)C. The van der Waals surface area contributed by atoms with Crippen LogP contribution in [0.25, 0.3) is 0 Å². The first-order chi connectivity index (χ1) is 14.1. The number of urea groups is 2. The molecule has 0 aromatic heterocycles. The minimum absolute atomic E-state index is 0.105. The van der Waals surface area contributed by atoms with Gasteiger partial charge in [-0.3, -0.25) is 20.2 Å². The third-order valence-corrected chi connectivity index (χ3v) is 4.22. The molecule has 1 rings (SSSR count). The summed E-state index contributed by atoms with van der Waals surface area (Å²) in [7, 11) is 0. The smallest absolute Gasteiger partial charge is 0.339 e. The number of rotatable bonds is 8. The number of esters is 1. The third kappa shape index (κ3) is 9.92. The fourth-order valence-corrected chi connectivity index (χ4v) is 2.88. The number of carbonyl (C=O) groups excluding carboxylic acids is 5. The highest BCUT2D eigenvalue weighted by Gasteiger charge is 2.17. The molecule has 0 unspecified atom stereocenters. The minimum Gasteiger partial charge on any atom is -0.452 e. The number of amides is 6. The van der Waals surface area contributed by atoms with E-state index >= 15 is 0 Å². The van der Waals surface area contributed by atoms with Crippen LogP contribution >= 0.6 is 11.8 Å². The van der Waals surface area contributed by atoms with Crippen LogP contribution in [0.15, 0.2) is 29.2 Å². The van der Waals surface area contributed by atoms with Gasteiger partial charge in [0.05, 0.1) is 11.3 Å². The van der Waals surface area contributed by atoms with Crippen molar-refractivity contribution >= 4 is 41.6 Å². The second kappa shape index (κ2) is 12.5. The molecule has 0 spiro atoms. The lowest BCUT2D eigenvalue weighted by Crippen LogP contribution is -2.44. The van der Waals surface area contributed by atoms with Crippen LogP contribution in [-0.2, 0) is 14.3 Å². The Morgan fingerprint density at radius 1 is 0.867 bits per heavy atom. The predicted octanol–water partition coefficient (Wildman–Crippen LogP) is 1.40. The molecule has 4 N–H and O–H groups in total. The van der Waals surface area contributed by atoms with Gasteiger partial charge in [-0.15, -0.1) is 11.8 Å². The van der Waals surface area contributed by atoms with Crippen LogP contribution in [0.1, 0.15) is 38.1 Å². The molecule has 0 saturated carbocycles. The topological polar surface area (TPSA) is 143 Å². The first-order valence-corrected chi connectivity index (χ1v) is 10.2. The van der Waals surface area contributed by atoms with E-state index in [2.05, 4.69) is 16.0 Å². The molecule has 0 aliphatic rings. The van der Waals surface area contributed by atoms with E-state index in [-0.39, 0.29) is 23.4 Å². The molecule has 6 amide bonds. The molecule has 0 radical (unpaired) electrons. The van der Waals surface area contributed by atoms with Gasteiger partial charge in [-0.2, -0.15) is 0 Å². The van der Waals surface area contributed by atoms with Gasteiger partial charge >= 0.3 is 18.0 Å². The average molecular weight is 439 g/mol. The van der Waals surface area contributed by atoms with Crippen molar-refractivity contribution in [1.29, 1.82) is 0 Å². The Morgan fingerprint density at radius 2 is 1.40 bits per heavy atom. The summed E-state index contributed by atoms with van der Waals surface area (Å²) in [6.45, 7) is 6.35. The predicted molar refractivity (Wildman–Crippen MR) is 111 cm³/mol. The molecule has 0 saturated heterocycles. The number of imide groups is 2. The van der Waals surface area contributed by atoms with Gasteiger partial charge in [-0.05, 0) is 39.8 Å². The Bertz CT molecular complexity index is 797. The first-order valence-electron chi connectivity index (χ1n) is 9.18. The molecule has 10 nitrogen and oxygen atoms in total. The fourth-order valence-electron chi connectivity index (χ4n) is 2.04. The molecule has 11 heteroatoms. The maximum absolute atomic E-state index is 12.3. The maximum atomic E-state index is 12.3. The van der Waals surface area contributed by atoms with E-state index in [1.165, 1.54) is 6.07 Å². The summed E-state index contributed by atoms with van der Waals surface area (Å²) in [6, 6.07) is 4.81. The standard InChI is InChI=1S/C19H26N4O6S/c1-11(2)20-18(27)22-15(24)9-29-17(26)13-7-5-6-8-14(13)30-10-16(25)23-19(28)21-12(3)4/h5-8,11-12H,9-10H2,1-4H3,(H2,20,22,24,27)(H2,21,23,25,28). The number of hydrogen-bond acceptors (Lipinski definition) is 7. The molecular weight excluding hydrogens is 412 g/mol. The Kier molecular flexibility index (Phi) is 10.4. The lowest BCUT2D eigenvalue weighted by Gasteiger charge is -2.11. The zero-order valence-corrected chi connectivity index (χ0v) is 18.1. The Labute approximate surface area is 178 Å². The van der Waals surface area contributed by atoms with Gasteiger partial charge in [0.25, 0.3) is 5.91 Å². The van der Waals surface area contributed by atoms with Crippen LogP contribution in [0.3, 0.4) is 0 Å². The van der Waals surface area contributed by atoms with E-state index in [4.69, 9.17) is 4.74 Å². The average Bonchev–Trinajstić information content (AvgIpc) is 2.63. The van der Waals surface area contributed by atoms with Gasteiger partial charge in [0.15, 0.2) is 6.61 Å². The summed E-state index contributed by atoms with van der Waals surface area (Å²) >= 11 is 1.04. The third-order valence-electron chi connectivity index (χ3n) is 3.15. The monoisotopic (exact) mass is 438 g/mol. The van der Waals surface area contributed by atoms with Crippen molar-refractivity contribution in [3.05, 3.63) is 29.8 Å². The highest BCUT2D eigenvalue weighted by Crippen LogP contribution is 2.23. The molecule has 164 valence electrons. The van der Waals surface area contributed by atoms with Gasteiger partial charge in [0.1, 0.15) is 0 Å². The molecule has 30 heavy (non-hydrogen) atoms. The van der Waals surface area contributed by atoms with E-state index < -0.39 is 36.5 Å². The van der Waals surface area contributed by atoms with Crippen molar-refractivity contribution in [2.24, 2.45) is 0 Å². The molecule has 1 aromatic carbocycles. The number of thioether (sulfide) groups is 1. The number of carbonyl (C=O) groups is 5. The number of hydrogen-bond donors (Lipinski definition) is 4. The zero-order valence-electron chi connectivity index (χ0n) is 17.2.